The number of unbranched alkanes of at least 4 members (excludes halogenated alkanes) is 1. The van der Waals surface area contributed by atoms with E-state index in [0.717, 1.165) is 0 Å². The van der Waals surface area contributed by atoms with Crippen LogP contribution in [0.3, 0.4) is 0 Å². The molecule has 120 valence electrons. The van der Waals surface area contributed by atoms with Gasteiger partial charge in [0.15, 0.2) is 11.5 Å². The number of carbonyl (C=O) groups is 2. The van der Waals surface area contributed by atoms with Crippen LogP contribution in [-0.2, 0) is 9.59 Å². The topological polar surface area (TPSA) is 82.1 Å². The van der Waals surface area contributed by atoms with E-state index >= 15 is 0 Å². The molecule has 1 aromatic rings. The lowest BCUT2D eigenvalue weighted by Gasteiger charge is -2.10. The van der Waals surface area contributed by atoms with E-state index in [1.165, 1.54) is 14.2 Å². The summed E-state index contributed by atoms with van der Waals surface area (Å²) >= 11 is 0. The van der Waals surface area contributed by atoms with Crippen molar-refractivity contribution in [1.82, 2.24) is 0 Å². The predicted molar refractivity (Wildman–Crippen MR) is 80.4 cm³/mol. The number of carbonyl (C=O) groups excluding carboxylic acids is 1. The Morgan fingerprint density at radius 3 is 2.36 bits per heavy atom. The normalized spacial score (nSPS) is 9.91. The van der Waals surface area contributed by atoms with Crippen molar-refractivity contribution in [3.63, 3.8) is 0 Å². The number of carboxylic acids is 1. The monoisotopic (exact) mass is 308 g/mol. The van der Waals surface area contributed by atoms with Gasteiger partial charge in [-0.3, -0.25) is 4.79 Å². The summed E-state index contributed by atoms with van der Waals surface area (Å²) in [6.45, 7) is 3.43. The maximum atomic E-state index is 11.8. The molecule has 0 aliphatic heterocycles. The number of hydrogen-bond acceptors (Lipinski definition) is 5. The minimum Gasteiger partial charge on any atom is -0.497 e. The zero-order chi connectivity index (χ0) is 16.5. The van der Waals surface area contributed by atoms with Gasteiger partial charge in [-0.15, -0.1) is 0 Å². The molecule has 6 nitrogen and oxygen atoms in total. The van der Waals surface area contributed by atoms with E-state index in [0.29, 0.717) is 36.5 Å². The van der Waals surface area contributed by atoms with Gasteiger partial charge in [-0.1, -0.05) is 6.58 Å². The fraction of sp³-hybridized carbons (Fsp3) is 0.375. The molecule has 1 aromatic carbocycles. The van der Waals surface area contributed by atoms with Crippen molar-refractivity contribution in [1.29, 1.82) is 0 Å². The second kappa shape index (κ2) is 8.71. The summed E-state index contributed by atoms with van der Waals surface area (Å²) < 4.78 is 15.4. The molecule has 0 heterocycles. The summed E-state index contributed by atoms with van der Waals surface area (Å²) in [5.41, 5.74) is 0.144. The maximum absolute atomic E-state index is 11.8. The minimum atomic E-state index is -1.01. The summed E-state index contributed by atoms with van der Waals surface area (Å²) in [7, 11) is 3.01. The van der Waals surface area contributed by atoms with E-state index < -0.39 is 11.9 Å². The summed E-state index contributed by atoms with van der Waals surface area (Å²) in [5.74, 6) is -0.0750. The Labute approximate surface area is 129 Å². The number of aliphatic carboxylic acids is 1. The van der Waals surface area contributed by atoms with Gasteiger partial charge in [-0.25, -0.2) is 4.79 Å². The van der Waals surface area contributed by atoms with E-state index in [9.17, 15) is 9.59 Å². The Balaban J connectivity index is 2.45. The third kappa shape index (κ3) is 5.47. The van der Waals surface area contributed by atoms with Crippen molar-refractivity contribution >= 4 is 11.9 Å². The Morgan fingerprint density at radius 2 is 1.77 bits per heavy atom. The van der Waals surface area contributed by atoms with Gasteiger partial charge in [0, 0.05) is 18.1 Å². The summed E-state index contributed by atoms with van der Waals surface area (Å²) in [6.07, 6.45) is 1.65. The molecule has 0 unspecified atom stereocenters. The molecule has 0 fully saturated rings. The van der Waals surface area contributed by atoms with Crippen molar-refractivity contribution in [2.75, 3.05) is 14.2 Å². The third-order valence-corrected chi connectivity index (χ3v) is 3.01. The first-order valence-corrected chi connectivity index (χ1v) is 6.81. The molecule has 1 rings (SSSR count). The van der Waals surface area contributed by atoms with Crippen LogP contribution in [0.5, 0.6) is 17.2 Å². The van der Waals surface area contributed by atoms with Crippen LogP contribution >= 0.6 is 0 Å². The molecule has 0 bridgehead atoms. The van der Waals surface area contributed by atoms with E-state index in [2.05, 4.69) is 6.58 Å². The summed E-state index contributed by atoms with van der Waals surface area (Å²) in [5, 5.41) is 8.67. The SMILES string of the molecule is C=C(CCCCC(=O)Oc1ccc(OC)cc1OC)C(=O)O. The smallest absolute Gasteiger partial charge is 0.330 e. The Bertz CT molecular complexity index is 550. The second-order valence-electron chi connectivity index (χ2n) is 4.61. The fourth-order valence-corrected chi connectivity index (χ4v) is 1.75. The van der Waals surface area contributed by atoms with Gasteiger partial charge in [0.2, 0.25) is 0 Å². The zero-order valence-corrected chi connectivity index (χ0v) is 12.8. The van der Waals surface area contributed by atoms with Gasteiger partial charge in [-0.2, -0.15) is 0 Å². The maximum Gasteiger partial charge on any atom is 0.330 e. The Morgan fingerprint density at radius 1 is 1.09 bits per heavy atom. The molecular weight excluding hydrogens is 288 g/mol. The van der Waals surface area contributed by atoms with Gasteiger partial charge in [0.25, 0.3) is 0 Å². The number of carboxylic acid groups (broad SMARTS) is 1. The van der Waals surface area contributed by atoms with Crippen molar-refractivity contribution in [3.05, 3.63) is 30.4 Å². The molecule has 0 saturated heterocycles. The van der Waals surface area contributed by atoms with E-state index in [4.69, 9.17) is 19.3 Å². The lowest BCUT2D eigenvalue weighted by atomic mass is 10.1. The van der Waals surface area contributed by atoms with E-state index in [-0.39, 0.29) is 12.0 Å². The zero-order valence-electron chi connectivity index (χ0n) is 12.8. The standard InChI is InChI=1S/C16H20O6/c1-11(16(18)19)6-4-5-7-15(17)22-13-9-8-12(20-2)10-14(13)21-3/h8-10H,1,4-7H2,2-3H3,(H,18,19). The van der Waals surface area contributed by atoms with E-state index in [1.807, 2.05) is 0 Å². The number of benzene rings is 1. The van der Waals surface area contributed by atoms with Gasteiger partial charge >= 0.3 is 11.9 Å². The molecule has 22 heavy (non-hydrogen) atoms. The fourth-order valence-electron chi connectivity index (χ4n) is 1.75. The van der Waals surface area contributed by atoms with E-state index in [1.54, 1.807) is 18.2 Å². The number of hydrogen-bond donors (Lipinski definition) is 1. The second-order valence-corrected chi connectivity index (χ2v) is 4.61. The molecule has 0 aromatic heterocycles. The first-order valence-electron chi connectivity index (χ1n) is 6.81. The largest absolute Gasteiger partial charge is 0.497 e. The summed E-state index contributed by atoms with van der Waals surface area (Å²) in [4.78, 5) is 22.3. The molecule has 0 amide bonds. The van der Waals surface area contributed by atoms with Crippen LogP contribution in [0.4, 0.5) is 0 Å². The highest BCUT2D eigenvalue weighted by molar-refractivity contribution is 5.85. The number of ether oxygens (including phenoxy) is 3. The molecular formula is C16H20O6. The molecule has 1 N–H and O–H groups in total. The van der Waals surface area contributed by atoms with Crippen molar-refractivity contribution < 1.29 is 28.9 Å². The van der Waals surface area contributed by atoms with Crippen LogP contribution in [0.2, 0.25) is 0 Å². The predicted octanol–water partition coefficient (Wildman–Crippen LogP) is 2.81. The van der Waals surface area contributed by atoms with Crippen LogP contribution in [0.1, 0.15) is 25.7 Å². The Hall–Kier alpha value is -2.50. The number of esters is 1. The van der Waals surface area contributed by atoms with Crippen LogP contribution in [0.15, 0.2) is 30.4 Å². The molecule has 0 radical (unpaired) electrons. The Kier molecular flexibility index (Phi) is 6.95. The van der Waals surface area contributed by atoms with Gasteiger partial charge in [0.05, 0.1) is 14.2 Å². The minimum absolute atomic E-state index is 0.144. The lowest BCUT2D eigenvalue weighted by Crippen LogP contribution is -2.08. The highest BCUT2D eigenvalue weighted by Crippen LogP contribution is 2.31. The third-order valence-electron chi connectivity index (χ3n) is 3.01. The number of methoxy groups -OCH3 is 2. The average Bonchev–Trinajstić information content (AvgIpc) is 2.51. The van der Waals surface area contributed by atoms with Gasteiger partial charge < -0.3 is 19.3 Å². The van der Waals surface area contributed by atoms with Gasteiger partial charge in [0.1, 0.15) is 5.75 Å². The van der Waals surface area contributed by atoms with Crippen LogP contribution in [0, 0.1) is 0 Å². The van der Waals surface area contributed by atoms with Crippen LogP contribution < -0.4 is 14.2 Å². The van der Waals surface area contributed by atoms with Gasteiger partial charge in [-0.05, 0) is 31.4 Å². The van der Waals surface area contributed by atoms with Crippen molar-refractivity contribution in [2.24, 2.45) is 0 Å². The van der Waals surface area contributed by atoms with Crippen LogP contribution in [-0.4, -0.2) is 31.3 Å². The molecule has 0 aliphatic carbocycles. The highest BCUT2D eigenvalue weighted by Gasteiger charge is 2.11. The highest BCUT2D eigenvalue weighted by atomic mass is 16.6. The first kappa shape index (κ1) is 17.6. The summed E-state index contributed by atoms with van der Waals surface area (Å²) in [6, 6.07) is 4.89. The van der Waals surface area contributed by atoms with Crippen molar-refractivity contribution in [3.8, 4) is 17.2 Å². The molecule has 0 atom stereocenters. The average molecular weight is 308 g/mol. The first-order chi connectivity index (χ1) is 10.5. The van der Waals surface area contributed by atoms with Crippen LogP contribution in [0.25, 0.3) is 0 Å². The number of rotatable bonds is 9. The lowest BCUT2D eigenvalue weighted by molar-refractivity contribution is -0.134. The molecule has 0 spiro atoms. The molecule has 0 saturated carbocycles. The van der Waals surface area contributed by atoms with Crippen molar-refractivity contribution in [2.45, 2.75) is 25.7 Å². The molecule has 6 heteroatoms. The molecule has 0 aliphatic rings. The quantitative estimate of drug-likeness (QED) is 0.327.